The molecule has 1 aromatic rings. The second-order valence-corrected chi connectivity index (χ2v) is 6.16. The second kappa shape index (κ2) is 6.14. The normalized spacial score (nSPS) is 16.6. The first-order chi connectivity index (χ1) is 9.94. The summed E-state index contributed by atoms with van der Waals surface area (Å²) in [5, 5.41) is 20.8. The summed E-state index contributed by atoms with van der Waals surface area (Å²) in [7, 11) is 0. The maximum Gasteiger partial charge on any atom is 0.354 e. The van der Waals surface area contributed by atoms with Crippen LogP contribution in [0, 0.1) is 17.2 Å². The molecule has 0 bridgehead atoms. The Kier molecular flexibility index (Phi) is 4.48. The maximum atomic E-state index is 11.9. The number of carbonyl (C=O) groups excluding carboxylic acids is 1. The molecule has 0 aliphatic heterocycles. The Hall–Kier alpha value is -2.07. The minimum atomic E-state index is -1.10. The first kappa shape index (κ1) is 15.3. The van der Waals surface area contributed by atoms with Crippen molar-refractivity contribution in [2.45, 2.75) is 30.2 Å². The summed E-state index contributed by atoms with van der Waals surface area (Å²) >= 11 is 1.22. The van der Waals surface area contributed by atoms with Gasteiger partial charge in [-0.3, -0.25) is 4.79 Å². The molecule has 1 amide bonds. The van der Waals surface area contributed by atoms with Crippen LogP contribution in [0.5, 0.6) is 0 Å². The van der Waals surface area contributed by atoms with Gasteiger partial charge in [-0.1, -0.05) is 0 Å². The van der Waals surface area contributed by atoms with Gasteiger partial charge in [0, 0.05) is 11.1 Å². The van der Waals surface area contributed by atoms with Crippen LogP contribution in [-0.2, 0) is 4.79 Å². The fraction of sp³-hybridized carbons (Fsp3) is 0.429. The standard InChI is InChI=1S/C14H15N3O3S/c1-14(8-15,9-2-3-9)17-12(18)7-21-10-4-5-16-11(6-10)13(19)20/h4-6,9H,2-3,7H2,1H3,(H,17,18)(H,19,20). The summed E-state index contributed by atoms with van der Waals surface area (Å²) in [5.74, 6) is -0.971. The SMILES string of the molecule is CC(C#N)(NC(=O)CSc1ccnc(C(=O)O)c1)C1CC1. The molecule has 1 aliphatic rings. The van der Waals surface area contributed by atoms with Crippen molar-refractivity contribution >= 4 is 23.6 Å². The summed E-state index contributed by atoms with van der Waals surface area (Å²) in [6.45, 7) is 1.74. The molecule has 0 saturated heterocycles. The van der Waals surface area contributed by atoms with Gasteiger partial charge in [0.1, 0.15) is 11.2 Å². The third-order valence-electron chi connectivity index (χ3n) is 3.35. The van der Waals surface area contributed by atoms with Crippen LogP contribution in [0.25, 0.3) is 0 Å². The number of rotatable bonds is 6. The topological polar surface area (TPSA) is 103 Å². The number of hydrogen-bond donors (Lipinski definition) is 2. The lowest BCUT2D eigenvalue weighted by molar-refractivity contribution is -0.119. The largest absolute Gasteiger partial charge is 0.477 e. The van der Waals surface area contributed by atoms with Gasteiger partial charge in [0.15, 0.2) is 0 Å². The molecule has 0 spiro atoms. The average molecular weight is 305 g/mol. The zero-order valence-electron chi connectivity index (χ0n) is 11.5. The Balaban J connectivity index is 1.91. The summed E-state index contributed by atoms with van der Waals surface area (Å²) in [4.78, 5) is 27.1. The first-order valence-corrected chi connectivity index (χ1v) is 7.47. The molecule has 1 aromatic heterocycles. The van der Waals surface area contributed by atoms with Crippen LogP contribution in [0.1, 0.15) is 30.3 Å². The number of pyridine rings is 1. The number of aromatic carboxylic acids is 1. The van der Waals surface area contributed by atoms with Gasteiger partial charge in [-0.15, -0.1) is 11.8 Å². The predicted octanol–water partition coefficient (Wildman–Crippen LogP) is 1.68. The number of nitriles is 1. The zero-order valence-corrected chi connectivity index (χ0v) is 12.3. The van der Waals surface area contributed by atoms with Crippen molar-refractivity contribution < 1.29 is 14.7 Å². The summed E-state index contributed by atoms with van der Waals surface area (Å²) in [5.41, 5.74) is -0.859. The molecule has 1 heterocycles. The highest BCUT2D eigenvalue weighted by atomic mass is 32.2. The van der Waals surface area contributed by atoms with Gasteiger partial charge in [0.25, 0.3) is 0 Å². The van der Waals surface area contributed by atoms with E-state index in [4.69, 9.17) is 5.11 Å². The molecule has 110 valence electrons. The lowest BCUT2D eigenvalue weighted by Gasteiger charge is -2.22. The van der Waals surface area contributed by atoms with Crippen molar-refractivity contribution in [3.05, 3.63) is 24.0 Å². The van der Waals surface area contributed by atoms with Gasteiger partial charge in [0.05, 0.1) is 11.8 Å². The third-order valence-corrected chi connectivity index (χ3v) is 4.34. The minimum absolute atomic E-state index is 0.0553. The number of nitrogens with one attached hydrogen (secondary N) is 1. The molecule has 1 unspecified atom stereocenters. The molecule has 1 aliphatic carbocycles. The van der Waals surface area contributed by atoms with E-state index in [2.05, 4.69) is 16.4 Å². The van der Waals surface area contributed by atoms with E-state index in [0.717, 1.165) is 12.8 Å². The highest BCUT2D eigenvalue weighted by molar-refractivity contribution is 8.00. The third kappa shape index (κ3) is 3.95. The number of aromatic nitrogens is 1. The number of amides is 1. The van der Waals surface area contributed by atoms with Crippen LogP contribution in [0.4, 0.5) is 0 Å². The lowest BCUT2D eigenvalue weighted by Crippen LogP contribution is -2.47. The first-order valence-electron chi connectivity index (χ1n) is 6.49. The van der Waals surface area contributed by atoms with Crippen LogP contribution in [0.2, 0.25) is 0 Å². The van der Waals surface area contributed by atoms with Crippen LogP contribution in [0.15, 0.2) is 23.2 Å². The van der Waals surface area contributed by atoms with E-state index in [9.17, 15) is 14.9 Å². The monoisotopic (exact) mass is 305 g/mol. The molecule has 0 radical (unpaired) electrons. The molecule has 7 heteroatoms. The highest BCUT2D eigenvalue weighted by Crippen LogP contribution is 2.39. The highest BCUT2D eigenvalue weighted by Gasteiger charge is 2.42. The summed E-state index contributed by atoms with van der Waals surface area (Å²) in [6.07, 6.45) is 3.32. The van der Waals surface area contributed by atoms with Crippen LogP contribution in [-0.4, -0.2) is 33.3 Å². The molecule has 2 rings (SSSR count). The number of carbonyl (C=O) groups is 2. The Morgan fingerprint density at radius 2 is 2.33 bits per heavy atom. The maximum absolute atomic E-state index is 11.9. The predicted molar refractivity (Wildman–Crippen MR) is 76.8 cm³/mol. The average Bonchev–Trinajstić information content (AvgIpc) is 3.30. The van der Waals surface area contributed by atoms with Crippen LogP contribution < -0.4 is 5.32 Å². The Morgan fingerprint density at radius 1 is 1.62 bits per heavy atom. The van der Waals surface area contributed by atoms with Crippen molar-refractivity contribution in [2.75, 3.05) is 5.75 Å². The van der Waals surface area contributed by atoms with E-state index in [0.29, 0.717) is 4.90 Å². The lowest BCUT2D eigenvalue weighted by atomic mass is 9.98. The molecular formula is C14H15N3O3S. The van der Waals surface area contributed by atoms with E-state index >= 15 is 0 Å². The molecule has 1 atom stereocenters. The summed E-state index contributed by atoms with van der Waals surface area (Å²) < 4.78 is 0. The van der Waals surface area contributed by atoms with E-state index in [-0.39, 0.29) is 23.3 Å². The number of hydrogen-bond acceptors (Lipinski definition) is 5. The molecule has 21 heavy (non-hydrogen) atoms. The van der Waals surface area contributed by atoms with Gasteiger partial charge in [-0.2, -0.15) is 5.26 Å². The smallest absolute Gasteiger partial charge is 0.354 e. The second-order valence-electron chi connectivity index (χ2n) is 5.11. The van der Waals surface area contributed by atoms with Crippen molar-refractivity contribution in [3.63, 3.8) is 0 Å². The Labute approximate surface area is 126 Å². The molecule has 1 fully saturated rings. The number of carboxylic acid groups (broad SMARTS) is 1. The van der Waals surface area contributed by atoms with E-state index in [1.165, 1.54) is 24.0 Å². The number of carboxylic acids is 1. The van der Waals surface area contributed by atoms with E-state index in [1.54, 1.807) is 13.0 Å². The van der Waals surface area contributed by atoms with E-state index < -0.39 is 11.5 Å². The fourth-order valence-electron chi connectivity index (χ4n) is 1.97. The van der Waals surface area contributed by atoms with Gasteiger partial charge in [-0.05, 0) is 37.8 Å². The Morgan fingerprint density at radius 3 is 2.90 bits per heavy atom. The van der Waals surface area contributed by atoms with Crippen LogP contribution in [0.3, 0.4) is 0 Å². The van der Waals surface area contributed by atoms with E-state index in [1.807, 2.05) is 0 Å². The molecule has 0 aromatic carbocycles. The van der Waals surface area contributed by atoms with Crippen molar-refractivity contribution in [2.24, 2.45) is 5.92 Å². The Bertz CT molecular complexity index is 610. The van der Waals surface area contributed by atoms with Gasteiger partial charge < -0.3 is 10.4 Å². The number of nitrogens with zero attached hydrogens (tertiary/aromatic N) is 2. The van der Waals surface area contributed by atoms with Gasteiger partial charge in [0.2, 0.25) is 5.91 Å². The number of thioether (sulfide) groups is 1. The molecule has 2 N–H and O–H groups in total. The van der Waals surface area contributed by atoms with Gasteiger partial charge >= 0.3 is 5.97 Å². The van der Waals surface area contributed by atoms with Crippen LogP contribution >= 0.6 is 11.8 Å². The summed E-state index contributed by atoms with van der Waals surface area (Å²) in [6, 6.07) is 5.23. The molecular weight excluding hydrogens is 290 g/mol. The quantitative estimate of drug-likeness (QED) is 0.775. The molecule has 6 nitrogen and oxygen atoms in total. The van der Waals surface area contributed by atoms with Gasteiger partial charge in [-0.25, -0.2) is 9.78 Å². The minimum Gasteiger partial charge on any atom is -0.477 e. The van der Waals surface area contributed by atoms with Crippen molar-refractivity contribution in [1.82, 2.24) is 10.3 Å². The zero-order chi connectivity index (χ0) is 15.5. The fourth-order valence-corrected chi connectivity index (χ4v) is 2.70. The van der Waals surface area contributed by atoms with Crippen molar-refractivity contribution in [1.29, 1.82) is 5.26 Å². The van der Waals surface area contributed by atoms with Crippen molar-refractivity contribution in [3.8, 4) is 6.07 Å². The molecule has 1 saturated carbocycles.